The van der Waals surface area contributed by atoms with E-state index in [0.29, 0.717) is 11.4 Å². The van der Waals surface area contributed by atoms with Crippen LogP contribution in [0.5, 0.6) is 0 Å². The first-order chi connectivity index (χ1) is 19.5. The fraction of sp³-hybridized carbons (Fsp3) is 0.129. The summed E-state index contributed by atoms with van der Waals surface area (Å²) in [6, 6.07) is 31.6. The Morgan fingerprint density at radius 2 is 1.20 bits per heavy atom. The van der Waals surface area contributed by atoms with Crippen molar-refractivity contribution in [3.05, 3.63) is 109 Å². The van der Waals surface area contributed by atoms with Crippen LogP contribution >= 0.6 is 11.8 Å². The number of hydrogen-bond donors (Lipinski definition) is 1. The third-order valence-corrected chi connectivity index (χ3v) is 8.16. The van der Waals surface area contributed by atoms with E-state index in [4.69, 9.17) is 0 Å². The second kappa shape index (κ2) is 10.8. The van der Waals surface area contributed by atoms with Crippen LogP contribution in [-0.2, 0) is 4.79 Å². The first-order valence-corrected chi connectivity index (χ1v) is 13.7. The molecule has 0 spiro atoms. The molecule has 6 rings (SSSR count). The van der Waals surface area contributed by atoms with Crippen LogP contribution in [0.3, 0.4) is 0 Å². The quantitative estimate of drug-likeness (QED) is 0.317. The summed E-state index contributed by atoms with van der Waals surface area (Å²) in [6.45, 7) is 0.134. The number of urea groups is 2. The van der Waals surface area contributed by atoms with Crippen LogP contribution in [0.2, 0.25) is 0 Å². The molecule has 0 aliphatic carbocycles. The normalized spacial score (nSPS) is 16.1. The summed E-state index contributed by atoms with van der Waals surface area (Å²) in [5, 5.41) is 10.2. The largest absolute Gasteiger partial charge is 0.480 e. The van der Waals surface area contributed by atoms with Gasteiger partial charge in [-0.25, -0.2) is 14.4 Å². The minimum Gasteiger partial charge on any atom is -0.480 e. The smallest absolute Gasteiger partial charge is 0.329 e. The van der Waals surface area contributed by atoms with Crippen LogP contribution in [0.4, 0.5) is 32.3 Å². The van der Waals surface area contributed by atoms with E-state index >= 15 is 0 Å². The summed E-state index contributed by atoms with van der Waals surface area (Å²) in [7, 11) is 0. The molecule has 1 saturated heterocycles. The number of benzene rings is 4. The van der Waals surface area contributed by atoms with Gasteiger partial charge in [0.05, 0.1) is 29.3 Å². The Kier molecular flexibility index (Phi) is 6.88. The van der Waals surface area contributed by atoms with Crippen molar-refractivity contribution in [2.75, 3.05) is 29.4 Å². The molecule has 2 aliphatic rings. The Morgan fingerprint density at radius 1 is 0.700 bits per heavy atom. The van der Waals surface area contributed by atoms with Crippen molar-refractivity contribution >= 4 is 52.5 Å². The summed E-state index contributed by atoms with van der Waals surface area (Å²) >= 11 is 1.59. The van der Waals surface area contributed by atoms with Crippen LogP contribution in [-0.4, -0.2) is 58.6 Å². The highest BCUT2D eigenvalue weighted by atomic mass is 32.2. The van der Waals surface area contributed by atoms with Crippen molar-refractivity contribution < 1.29 is 19.5 Å². The lowest BCUT2D eigenvalue weighted by Gasteiger charge is -2.43. The molecule has 200 valence electrons. The molecule has 0 saturated carbocycles. The van der Waals surface area contributed by atoms with Crippen molar-refractivity contribution in [3.8, 4) is 0 Å². The third kappa shape index (κ3) is 4.65. The van der Waals surface area contributed by atoms with Gasteiger partial charge in [0.2, 0.25) is 0 Å². The SMILES string of the molecule is O=C(O)[C@@H]1CN(C(=O)N2c3ccccc3Sc3ccccc32)CCN1C(=O)N(c1ccccc1)c1ccccc1. The first-order valence-electron chi connectivity index (χ1n) is 12.9. The molecular formula is C31H26N4O4S. The molecule has 40 heavy (non-hydrogen) atoms. The van der Waals surface area contributed by atoms with E-state index in [1.54, 1.807) is 16.7 Å². The highest BCUT2D eigenvalue weighted by Gasteiger charge is 2.41. The Balaban J connectivity index is 1.30. The summed E-state index contributed by atoms with van der Waals surface area (Å²) in [5.41, 5.74) is 2.75. The van der Waals surface area contributed by atoms with E-state index in [0.717, 1.165) is 21.2 Å². The summed E-state index contributed by atoms with van der Waals surface area (Å²) in [4.78, 5) is 48.5. The zero-order valence-electron chi connectivity index (χ0n) is 21.5. The van der Waals surface area contributed by atoms with Gasteiger partial charge in [0.1, 0.15) is 6.04 Å². The molecule has 8 nitrogen and oxygen atoms in total. The lowest BCUT2D eigenvalue weighted by atomic mass is 10.1. The molecule has 4 aromatic carbocycles. The standard InChI is InChI=1S/C31H26N4O4S/c36-29(37)26-21-32(30(38)35-24-15-7-9-17-27(24)40-28-18-10-8-16-25(28)35)19-20-33(26)31(39)34(22-11-3-1-4-12-22)23-13-5-2-6-14-23/h1-18,26H,19-21H2,(H,36,37)/t26-/m0/s1. The van der Waals surface area contributed by atoms with Crippen LogP contribution in [0.25, 0.3) is 0 Å². The van der Waals surface area contributed by atoms with E-state index in [1.807, 2.05) is 109 Å². The molecule has 0 unspecified atom stereocenters. The molecule has 0 radical (unpaired) electrons. The summed E-state index contributed by atoms with van der Waals surface area (Å²) < 4.78 is 0. The number of carbonyl (C=O) groups excluding carboxylic acids is 2. The molecule has 2 aliphatic heterocycles. The van der Waals surface area contributed by atoms with E-state index in [1.165, 1.54) is 14.7 Å². The Bertz CT molecular complexity index is 1480. The minimum absolute atomic E-state index is 0.0730. The fourth-order valence-corrected chi connectivity index (χ4v) is 6.16. The van der Waals surface area contributed by atoms with Gasteiger partial charge in [-0.05, 0) is 48.5 Å². The maximum atomic E-state index is 14.0. The Morgan fingerprint density at radius 3 is 1.73 bits per heavy atom. The number of carboxylic acid groups (broad SMARTS) is 1. The third-order valence-electron chi connectivity index (χ3n) is 7.03. The van der Waals surface area contributed by atoms with Crippen molar-refractivity contribution in [2.45, 2.75) is 15.8 Å². The van der Waals surface area contributed by atoms with Crippen molar-refractivity contribution in [2.24, 2.45) is 0 Å². The minimum atomic E-state index is -1.22. The molecule has 4 aromatic rings. The first kappa shape index (κ1) is 25.5. The van der Waals surface area contributed by atoms with Crippen LogP contribution < -0.4 is 9.80 Å². The average Bonchev–Trinajstić information content (AvgIpc) is 3.00. The monoisotopic (exact) mass is 550 g/mol. The second-order valence-corrected chi connectivity index (χ2v) is 10.5. The number of amides is 4. The number of fused-ring (bicyclic) bond motifs is 2. The summed E-state index contributed by atoms with van der Waals surface area (Å²) in [5.74, 6) is -1.16. The van der Waals surface area contributed by atoms with Crippen LogP contribution in [0.1, 0.15) is 0 Å². The number of rotatable bonds is 3. The van der Waals surface area contributed by atoms with Gasteiger partial charge in [0, 0.05) is 22.9 Å². The number of carboxylic acids is 1. The van der Waals surface area contributed by atoms with Crippen molar-refractivity contribution in [3.63, 3.8) is 0 Å². The van der Waals surface area contributed by atoms with Crippen molar-refractivity contribution in [1.82, 2.24) is 9.80 Å². The Labute approximate surface area is 236 Å². The van der Waals surface area contributed by atoms with Crippen LogP contribution in [0.15, 0.2) is 119 Å². The van der Waals surface area contributed by atoms with Gasteiger partial charge in [0.25, 0.3) is 0 Å². The highest BCUT2D eigenvalue weighted by molar-refractivity contribution is 7.99. The molecular weight excluding hydrogens is 524 g/mol. The predicted molar refractivity (Wildman–Crippen MR) is 155 cm³/mol. The number of para-hydroxylation sites is 4. The zero-order chi connectivity index (χ0) is 27.6. The topological polar surface area (TPSA) is 84.4 Å². The molecule has 1 atom stereocenters. The van der Waals surface area contributed by atoms with Gasteiger partial charge in [0.15, 0.2) is 0 Å². The van der Waals surface area contributed by atoms with E-state index in [9.17, 15) is 19.5 Å². The van der Waals surface area contributed by atoms with E-state index < -0.39 is 18.0 Å². The number of aliphatic carboxylic acids is 1. The number of hydrogen-bond acceptors (Lipinski definition) is 4. The maximum absolute atomic E-state index is 14.0. The lowest BCUT2D eigenvalue weighted by Crippen LogP contribution is -2.62. The van der Waals surface area contributed by atoms with Gasteiger partial charge in [-0.2, -0.15) is 0 Å². The number of nitrogens with zero attached hydrogens (tertiary/aromatic N) is 4. The number of piperazine rings is 1. The number of carbonyl (C=O) groups is 3. The lowest BCUT2D eigenvalue weighted by molar-refractivity contribution is -0.143. The summed E-state index contributed by atoms with van der Waals surface area (Å²) in [6.07, 6.45) is 0. The van der Waals surface area contributed by atoms with Gasteiger partial charge in [-0.15, -0.1) is 0 Å². The predicted octanol–water partition coefficient (Wildman–Crippen LogP) is 6.44. The molecule has 4 amide bonds. The second-order valence-electron chi connectivity index (χ2n) is 9.44. The fourth-order valence-electron chi connectivity index (χ4n) is 5.10. The molecule has 1 N–H and O–H groups in total. The molecule has 1 fully saturated rings. The van der Waals surface area contributed by atoms with Crippen molar-refractivity contribution in [1.29, 1.82) is 0 Å². The zero-order valence-corrected chi connectivity index (χ0v) is 22.3. The van der Waals surface area contributed by atoms with E-state index in [-0.39, 0.29) is 25.7 Å². The average molecular weight is 551 g/mol. The van der Waals surface area contributed by atoms with Crippen LogP contribution in [0, 0.1) is 0 Å². The Hall–Kier alpha value is -4.76. The highest BCUT2D eigenvalue weighted by Crippen LogP contribution is 2.48. The van der Waals surface area contributed by atoms with Gasteiger partial charge in [-0.1, -0.05) is 72.4 Å². The molecule has 0 aromatic heterocycles. The molecule has 9 heteroatoms. The number of anilines is 4. The van der Waals surface area contributed by atoms with Gasteiger partial charge >= 0.3 is 18.0 Å². The molecule has 0 bridgehead atoms. The molecule has 2 heterocycles. The van der Waals surface area contributed by atoms with Gasteiger partial charge in [-0.3, -0.25) is 9.80 Å². The van der Waals surface area contributed by atoms with E-state index in [2.05, 4.69) is 0 Å². The van der Waals surface area contributed by atoms with Gasteiger partial charge < -0.3 is 14.9 Å². The maximum Gasteiger partial charge on any atom is 0.329 e.